The maximum atomic E-state index is 4.68. The van der Waals surface area contributed by atoms with Crippen molar-refractivity contribution >= 4 is 37.5 Å². The van der Waals surface area contributed by atoms with Crippen molar-refractivity contribution in [2.24, 2.45) is 0 Å². The van der Waals surface area contributed by atoms with Gasteiger partial charge in [0.05, 0.1) is 10.2 Å². The molecule has 2 heterocycles. The molecule has 0 bridgehead atoms. The van der Waals surface area contributed by atoms with Crippen molar-refractivity contribution in [3.8, 4) is 11.3 Å². The number of nitrogens with zero attached hydrogens (tertiary/aromatic N) is 2. The van der Waals surface area contributed by atoms with Crippen molar-refractivity contribution < 1.29 is 0 Å². The lowest BCUT2D eigenvalue weighted by Gasteiger charge is -1.99. The molecule has 0 aliphatic heterocycles. The lowest BCUT2D eigenvalue weighted by molar-refractivity contribution is 1.17. The quantitative estimate of drug-likeness (QED) is 0.603. The molecular formula is C14H10Br2N2. The van der Waals surface area contributed by atoms with Gasteiger partial charge in [0.1, 0.15) is 0 Å². The van der Waals surface area contributed by atoms with Crippen LogP contribution in [0.15, 0.2) is 51.7 Å². The topological polar surface area (TPSA) is 17.3 Å². The Balaban J connectivity index is 2.26. The molecule has 0 N–H and O–H groups in total. The average molecular weight is 366 g/mol. The third-order valence-corrected chi connectivity index (χ3v) is 3.91. The van der Waals surface area contributed by atoms with Crippen LogP contribution in [-0.4, -0.2) is 9.38 Å². The van der Waals surface area contributed by atoms with E-state index in [4.69, 9.17) is 0 Å². The second kappa shape index (κ2) is 4.52. The largest absolute Gasteiger partial charge is 0.304 e. The first-order valence-electron chi connectivity index (χ1n) is 5.55. The van der Waals surface area contributed by atoms with Crippen LogP contribution >= 0.6 is 31.9 Å². The highest BCUT2D eigenvalue weighted by molar-refractivity contribution is 9.11. The Morgan fingerprint density at radius 1 is 1.11 bits per heavy atom. The third-order valence-electron chi connectivity index (χ3n) is 2.89. The fourth-order valence-electron chi connectivity index (χ4n) is 2.01. The summed E-state index contributed by atoms with van der Waals surface area (Å²) in [5, 5.41) is 0. The van der Waals surface area contributed by atoms with E-state index in [1.807, 2.05) is 35.0 Å². The zero-order chi connectivity index (χ0) is 12.7. The molecule has 0 fully saturated rings. The lowest BCUT2D eigenvalue weighted by atomic mass is 10.1. The Bertz CT molecular complexity index is 732. The molecular weight excluding hydrogens is 356 g/mol. The van der Waals surface area contributed by atoms with E-state index in [9.17, 15) is 0 Å². The fourth-order valence-corrected chi connectivity index (χ4v) is 3.31. The minimum atomic E-state index is 0.927. The van der Waals surface area contributed by atoms with Crippen LogP contribution in [-0.2, 0) is 0 Å². The van der Waals surface area contributed by atoms with E-state index < -0.39 is 0 Å². The molecule has 3 rings (SSSR count). The second-order valence-corrected chi connectivity index (χ2v) is 5.95. The number of hydrogen-bond acceptors (Lipinski definition) is 1. The summed E-state index contributed by atoms with van der Waals surface area (Å²) >= 11 is 7.02. The molecule has 3 aromatic rings. The number of imidazole rings is 1. The highest BCUT2D eigenvalue weighted by Gasteiger charge is 2.09. The SMILES string of the molecule is Cc1ccccc1-c1cn2cc(Br)cc(Br)c2n1. The van der Waals surface area contributed by atoms with Gasteiger partial charge in [0, 0.05) is 22.4 Å². The van der Waals surface area contributed by atoms with Crippen LogP contribution in [0, 0.1) is 6.92 Å². The molecule has 2 nitrogen and oxygen atoms in total. The van der Waals surface area contributed by atoms with E-state index >= 15 is 0 Å². The zero-order valence-electron chi connectivity index (χ0n) is 9.69. The van der Waals surface area contributed by atoms with Crippen LogP contribution in [0.5, 0.6) is 0 Å². The molecule has 0 amide bonds. The number of hydrogen-bond donors (Lipinski definition) is 0. The lowest BCUT2D eigenvalue weighted by Crippen LogP contribution is -1.83. The van der Waals surface area contributed by atoms with Crippen LogP contribution < -0.4 is 0 Å². The van der Waals surface area contributed by atoms with Crippen LogP contribution in [0.4, 0.5) is 0 Å². The Kier molecular flexibility index (Phi) is 2.99. The van der Waals surface area contributed by atoms with Gasteiger partial charge in [-0.1, -0.05) is 24.3 Å². The smallest absolute Gasteiger partial charge is 0.151 e. The third kappa shape index (κ3) is 1.99. The van der Waals surface area contributed by atoms with Crippen molar-refractivity contribution in [1.82, 2.24) is 9.38 Å². The van der Waals surface area contributed by atoms with E-state index in [0.29, 0.717) is 0 Å². The molecule has 4 heteroatoms. The van der Waals surface area contributed by atoms with Crippen LogP contribution in [0.1, 0.15) is 5.56 Å². The van der Waals surface area contributed by atoms with Gasteiger partial charge in [-0.05, 0) is 50.4 Å². The number of rotatable bonds is 1. The van der Waals surface area contributed by atoms with Crippen molar-refractivity contribution in [3.05, 3.63) is 57.2 Å². The van der Waals surface area contributed by atoms with Crippen molar-refractivity contribution in [3.63, 3.8) is 0 Å². The summed E-state index contributed by atoms with van der Waals surface area (Å²) < 4.78 is 4.03. The molecule has 0 saturated heterocycles. The van der Waals surface area contributed by atoms with Gasteiger partial charge in [0.15, 0.2) is 5.65 Å². The van der Waals surface area contributed by atoms with Crippen molar-refractivity contribution in [2.45, 2.75) is 6.92 Å². The normalized spacial score (nSPS) is 11.1. The molecule has 1 aromatic carbocycles. The number of benzene rings is 1. The summed E-state index contributed by atoms with van der Waals surface area (Å²) in [6.07, 6.45) is 4.06. The van der Waals surface area contributed by atoms with Gasteiger partial charge >= 0.3 is 0 Å². The van der Waals surface area contributed by atoms with Crippen LogP contribution in [0.2, 0.25) is 0 Å². The average Bonchev–Trinajstić information content (AvgIpc) is 2.73. The summed E-state index contributed by atoms with van der Waals surface area (Å²) in [6.45, 7) is 2.10. The monoisotopic (exact) mass is 364 g/mol. The molecule has 90 valence electrons. The van der Waals surface area contributed by atoms with E-state index in [0.717, 1.165) is 20.3 Å². The first kappa shape index (κ1) is 11.9. The minimum absolute atomic E-state index is 0.927. The highest BCUT2D eigenvalue weighted by Crippen LogP contribution is 2.27. The second-order valence-electron chi connectivity index (χ2n) is 4.18. The number of pyridine rings is 1. The first-order chi connectivity index (χ1) is 8.65. The summed E-state index contributed by atoms with van der Waals surface area (Å²) in [7, 11) is 0. The highest BCUT2D eigenvalue weighted by atomic mass is 79.9. The van der Waals surface area contributed by atoms with Gasteiger partial charge in [0.25, 0.3) is 0 Å². The Morgan fingerprint density at radius 3 is 2.67 bits per heavy atom. The predicted octanol–water partition coefficient (Wildman–Crippen LogP) is 4.83. The minimum Gasteiger partial charge on any atom is -0.304 e. The molecule has 0 saturated carbocycles. The van der Waals surface area contributed by atoms with Gasteiger partial charge in [0.2, 0.25) is 0 Å². The molecule has 18 heavy (non-hydrogen) atoms. The molecule has 0 aliphatic rings. The van der Waals surface area contributed by atoms with Crippen molar-refractivity contribution in [2.75, 3.05) is 0 Å². The molecule has 0 unspecified atom stereocenters. The molecule has 2 aromatic heterocycles. The molecule has 0 atom stereocenters. The zero-order valence-corrected chi connectivity index (χ0v) is 12.9. The van der Waals surface area contributed by atoms with Gasteiger partial charge in [-0.2, -0.15) is 0 Å². The molecule has 0 aliphatic carbocycles. The van der Waals surface area contributed by atoms with Gasteiger partial charge in [-0.15, -0.1) is 0 Å². The van der Waals surface area contributed by atoms with Gasteiger partial charge in [-0.25, -0.2) is 4.98 Å². The summed E-state index contributed by atoms with van der Waals surface area (Å²) in [6, 6.07) is 10.3. The maximum Gasteiger partial charge on any atom is 0.151 e. The number of halogens is 2. The van der Waals surface area contributed by atoms with Gasteiger partial charge < -0.3 is 4.40 Å². The molecule has 0 radical (unpaired) electrons. The van der Waals surface area contributed by atoms with Crippen LogP contribution in [0.3, 0.4) is 0 Å². The van der Waals surface area contributed by atoms with Gasteiger partial charge in [-0.3, -0.25) is 0 Å². The first-order valence-corrected chi connectivity index (χ1v) is 7.13. The van der Waals surface area contributed by atoms with Crippen molar-refractivity contribution in [1.29, 1.82) is 0 Å². The number of fused-ring (bicyclic) bond motifs is 1. The summed E-state index contributed by atoms with van der Waals surface area (Å²) in [4.78, 5) is 4.68. The molecule has 0 spiro atoms. The van der Waals surface area contributed by atoms with E-state index in [2.05, 4.69) is 55.9 Å². The van der Waals surface area contributed by atoms with E-state index in [1.54, 1.807) is 0 Å². The predicted molar refractivity (Wildman–Crippen MR) is 80.8 cm³/mol. The van der Waals surface area contributed by atoms with E-state index in [-0.39, 0.29) is 0 Å². The Labute approximate surface area is 122 Å². The fraction of sp³-hybridized carbons (Fsp3) is 0.0714. The Morgan fingerprint density at radius 2 is 1.89 bits per heavy atom. The standard InChI is InChI=1S/C14H10Br2N2/c1-9-4-2-3-5-11(9)13-8-18-7-10(15)6-12(16)14(18)17-13/h2-8H,1H3. The maximum absolute atomic E-state index is 4.68. The Hall–Kier alpha value is -1.13. The summed E-state index contributed by atoms with van der Waals surface area (Å²) in [5.74, 6) is 0. The number of aryl methyl sites for hydroxylation is 1. The summed E-state index contributed by atoms with van der Waals surface area (Å²) in [5.41, 5.74) is 4.32. The van der Waals surface area contributed by atoms with E-state index in [1.165, 1.54) is 11.1 Å². The van der Waals surface area contributed by atoms with Crippen LogP contribution in [0.25, 0.3) is 16.9 Å². The number of aromatic nitrogens is 2.